The van der Waals surface area contributed by atoms with Crippen LogP contribution in [0.15, 0.2) is 23.9 Å². The first-order valence-corrected chi connectivity index (χ1v) is 15.3. The first-order chi connectivity index (χ1) is 17.3. The van der Waals surface area contributed by atoms with Crippen LogP contribution in [0, 0.1) is 29.1 Å². The van der Waals surface area contributed by atoms with Gasteiger partial charge >= 0.3 is 0 Å². The minimum Gasteiger partial charge on any atom is -0.396 e. The minimum absolute atomic E-state index is 0.0591. The molecular formula is C31H51N3O2. The second-order valence-corrected chi connectivity index (χ2v) is 14.2. The third kappa shape index (κ3) is 4.30. The number of rotatable bonds is 6. The van der Waals surface area contributed by atoms with Crippen LogP contribution in [0.5, 0.6) is 0 Å². The van der Waals surface area contributed by atoms with E-state index in [1.54, 1.807) is 0 Å². The Balaban J connectivity index is 1.32. The summed E-state index contributed by atoms with van der Waals surface area (Å²) in [6, 6.07) is 0. The van der Waals surface area contributed by atoms with Gasteiger partial charge in [-0.25, -0.2) is 0 Å². The Morgan fingerprint density at radius 2 is 1.83 bits per heavy atom. The Morgan fingerprint density at radius 3 is 2.53 bits per heavy atom. The van der Waals surface area contributed by atoms with Crippen molar-refractivity contribution in [3.05, 3.63) is 23.9 Å². The summed E-state index contributed by atoms with van der Waals surface area (Å²) in [5.74, 6) is 2.25. The molecule has 0 aromatic rings. The molecule has 5 nitrogen and oxygen atoms in total. The number of fused-ring (bicyclic) bond motifs is 3. The number of dihydropyridines is 1. The summed E-state index contributed by atoms with van der Waals surface area (Å²) in [7, 11) is 0. The van der Waals surface area contributed by atoms with Gasteiger partial charge in [-0.15, -0.1) is 0 Å². The van der Waals surface area contributed by atoms with Gasteiger partial charge in [-0.2, -0.15) is 0 Å². The van der Waals surface area contributed by atoms with Gasteiger partial charge < -0.3 is 26.6 Å². The highest BCUT2D eigenvalue weighted by molar-refractivity contribution is 5.25. The maximum absolute atomic E-state index is 10.1. The van der Waals surface area contributed by atoms with Crippen molar-refractivity contribution in [1.82, 2.24) is 5.32 Å². The Labute approximate surface area is 218 Å². The largest absolute Gasteiger partial charge is 0.396 e. The standard InChI is InChI=1S/C31H51N3O2/c1-28(24-6-2-3-7-24)26-10-13-31(36-28,21-30(26,33)14-15-35)25-17-23(16-22-8-9-27(32)34-20-22)18-29(19-25)11-4-5-12-29/h8-9,20,23-27,34-35H,2-7,10-19,21,32-33H2,1H3/t23-,25+,26-,27?,28+,30-,31-/m0/s1. The Hall–Kier alpha value is -0.880. The lowest BCUT2D eigenvalue weighted by molar-refractivity contribution is -0.312. The number of aliphatic hydroxyl groups is 1. The van der Waals surface area contributed by atoms with Crippen LogP contribution in [0.25, 0.3) is 0 Å². The fourth-order valence-corrected chi connectivity index (χ4v) is 10.5. The van der Waals surface area contributed by atoms with Crippen LogP contribution in [-0.2, 0) is 4.74 Å². The Morgan fingerprint density at radius 1 is 1.06 bits per heavy atom. The number of hydrogen-bond acceptors (Lipinski definition) is 5. The number of nitrogens with two attached hydrogens (primary N) is 2. The monoisotopic (exact) mass is 497 g/mol. The predicted molar refractivity (Wildman–Crippen MR) is 145 cm³/mol. The number of hydrogen-bond donors (Lipinski definition) is 4. The van der Waals surface area contributed by atoms with Crippen LogP contribution >= 0.6 is 0 Å². The summed E-state index contributed by atoms with van der Waals surface area (Å²) in [6.45, 7) is 2.62. The molecule has 1 spiro atoms. The van der Waals surface area contributed by atoms with Crippen molar-refractivity contribution >= 4 is 0 Å². The molecule has 3 heterocycles. The fourth-order valence-electron chi connectivity index (χ4n) is 10.5. The normalized spacial score (nSPS) is 46.3. The van der Waals surface area contributed by atoms with Crippen LogP contribution in [0.4, 0.5) is 0 Å². The van der Waals surface area contributed by atoms with Crippen molar-refractivity contribution in [2.75, 3.05) is 6.61 Å². The molecule has 2 saturated heterocycles. The third-order valence-electron chi connectivity index (χ3n) is 12.0. The third-order valence-corrected chi connectivity index (χ3v) is 12.0. The van der Waals surface area contributed by atoms with E-state index < -0.39 is 0 Å². The van der Waals surface area contributed by atoms with Gasteiger partial charge in [0.2, 0.25) is 0 Å². The molecule has 36 heavy (non-hydrogen) atoms. The highest BCUT2D eigenvalue weighted by Crippen LogP contribution is 2.65. The van der Waals surface area contributed by atoms with Crippen molar-refractivity contribution in [2.24, 2.45) is 40.6 Å². The van der Waals surface area contributed by atoms with E-state index in [0.29, 0.717) is 29.1 Å². The smallest absolute Gasteiger partial charge is 0.0934 e. The molecule has 4 saturated carbocycles. The van der Waals surface area contributed by atoms with E-state index in [1.807, 2.05) is 0 Å². The van der Waals surface area contributed by atoms with Crippen LogP contribution in [0.3, 0.4) is 0 Å². The molecule has 7 aliphatic rings. The van der Waals surface area contributed by atoms with Gasteiger partial charge in [0.25, 0.3) is 0 Å². The number of ether oxygens (including phenoxy) is 1. The first kappa shape index (κ1) is 25.4. The molecule has 0 amide bonds. The van der Waals surface area contributed by atoms with Gasteiger partial charge in [-0.1, -0.05) is 31.8 Å². The van der Waals surface area contributed by atoms with Gasteiger partial charge in [0.05, 0.1) is 17.4 Å². The average molecular weight is 498 g/mol. The van der Waals surface area contributed by atoms with Crippen molar-refractivity contribution in [3.63, 3.8) is 0 Å². The Kier molecular flexibility index (Phi) is 6.63. The average Bonchev–Trinajstić information content (AvgIpc) is 3.54. The molecule has 2 bridgehead atoms. The Bertz CT molecular complexity index is 875. The van der Waals surface area contributed by atoms with Crippen LogP contribution < -0.4 is 16.8 Å². The number of nitrogens with one attached hydrogen (secondary N) is 1. The molecular weight excluding hydrogens is 446 g/mol. The summed E-state index contributed by atoms with van der Waals surface area (Å²) in [5, 5.41) is 13.4. The second kappa shape index (κ2) is 9.39. The van der Waals surface area contributed by atoms with E-state index in [-0.39, 0.29) is 29.5 Å². The van der Waals surface area contributed by atoms with Gasteiger partial charge in [0.15, 0.2) is 0 Å². The van der Waals surface area contributed by atoms with E-state index >= 15 is 0 Å². The van der Waals surface area contributed by atoms with Gasteiger partial charge in [0, 0.05) is 24.3 Å². The maximum Gasteiger partial charge on any atom is 0.0934 e. The first-order valence-electron chi connectivity index (χ1n) is 15.3. The van der Waals surface area contributed by atoms with Crippen LogP contribution in [-0.4, -0.2) is 34.6 Å². The van der Waals surface area contributed by atoms with Gasteiger partial charge in [-0.05, 0) is 119 Å². The molecule has 4 aliphatic carbocycles. The van der Waals surface area contributed by atoms with E-state index in [0.717, 1.165) is 25.7 Å². The fraction of sp³-hybridized carbons (Fsp3) is 0.871. The van der Waals surface area contributed by atoms with Crippen LogP contribution in [0.1, 0.15) is 110 Å². The van der Waals surface area contributed by atoms with Crippen molar-refractivity contribution in [2.45, 2.75) is 133 Å². The lowest BCUT2D eigenvalue weighted by atomic mass is 9.49. The second-order valence-electron chi connectivity index (χ2n) is 14.2. The molecule has 7 atom stereocenters. The molecule has 0 radical (unpaired) electrons. The van der Waals surface area contributed by atoms with Crippen molar-refractivity contribution in [1.29, 1.82) is 0 Å². The summed E-state index contributed by atoms with van der Waals surface area (Å²) >= 11 is 0. The minimum atomic E-state index is -0.299. The van der Waals surface area contributed by atoms with E-state index in [2.05, 4.69) is 30.6 Å². The zero-order valence-electron chi connectivity index (χ0n) is 22.6. The molecule has 1 unspecified atom stereocenters. The summed E-state index contributed by atoms with van der Waals surface area (Å²) < 4.78 is 7.56. The van der Waals surface area contributed by atoms with Crippen molar-refractivity contribution in [3.8, 4) is 0 Å². The zero-order chi connectivity index (χ0) is 25.0. The molecule has 7 rings (SSSR count). The highest BCUT2D eigenvalue weighted by atomic mass is 16.5. The molecule has 202 valence electrons. The lowest BCUT2D eigenvalue weighted by Crippen LogP contribution is -2.74. The SMILES string of the molecule is C[C@]1(C2CCCC2)O[C@@]2([C@@H]3C[C@H](CC4=CNC(N)C=C4)CC4(CCCC4)C3)CC[C@@H]1[C@](N)(CCO)C2. The predicted octanol–water partition coefficient (Wildman–Crippen LogP) is 5.28. The van der Waals surface area contributed by atoms with E-state index in [4.69, 9.17) is 16.2 Å². The van der Waals surface area contributed by atoms with Crippen molar-refractivity contribution < 1.29 is 9.84 Å². The summed E-state index contributed by atoms with van der Waals surface area (Å²) in [4.78, 5) is 0. The topological polar surface area (TPSA) is 93.5 Å². The number of allylic oxidation sites excluding steroid dienone is 2. The molecule has 6 N–H and O–H groups in total. The van der Waals surface area contributed by atoms with Crippen LogP contribution in [0.2, 0.25) is 0 Å². The highest BCUT2D eigenvalue weighted by Gasteiger charge is 2.66. The lowest BCUT2D eigenvalue weighted by Gasteiger charge is -2.68. The molecule has 5 heteroatoms. The van der Waals surface area contributed by atoms with E-state index in [1.165, 1.54) is 82.6 Å². The molecule has 6 fully saturated rings. The molecule has 0 aromatic heterocycles. The molecule has 3 aliphatic heterocycles. The summed E-state index contributed by atoms with van der Waals surface area (Å²) in [5.41, 5.74) is 14.7. The molecule has 0 aromatic carbocycles. The quantitative estimate of drug-likeness (QED) is 0.401. The van der Waals surface area contributed by atoms with Gasteiger partial charge in [0.1, 0.15) is 0 Å². The zero-order valence-corrected chi connectivity index (χ0v) is 22.6. The maximum atomic E-state index is 10.1. The number of aliphatic hydroxyl groups excluding tert-OH is 1. The van der Waals surface area contributed by atoms with E-state index in [9.17, 15) is 5.11 Å². The summed E-state index contributed by atoms with van der Waals surface area (Å²) in [6.07, 6.45) is 26.3. The van der Waals surface area contributed by atoms with Gasteiger partial charge in [-0.3, -0.25) is 0 Å².